The van der Waals surface area contributed by atoms with Crippen molar-refractivity contribution in [1.29, 1.82) is 0 Å². The van der Waals surface area contributed by atoms with Gasteiger partial charge in [0.15, 0.2) is 0 Å². The van der Waals surface area contributed by atoms with Crippen LogP contribution in [0.3, 0.4) is 0 Å². The minimum atomic E-state index is 0.0291. The van der Waals surface area contributed by atoms with Gasteiger partial charge in [-0.15, -0.1) is 0 Å². The van der Waals surface area contributed by atoms with E-state index in [9.17, 15) is 5.11 Å². The van der Waals surface area contributed by atoms with Crippen molar-refractivity contribution in [3.8, 4) is 0 Å². The lowest BCUT2D eigenvalue weighted by Gasteiger charge is -2.35. The second kappa shape index (κ2) is 5.99. The highest BCUT2D eigenvalue weighted by molar-refractivity contribution is 5.20. The molecule has 3 atom stereocenters. The van der Waals surface area contributed by atoms with Crippen LogP contribution >= 0.6 is 0 Å². The monoisotopic (exact) mass is 222 g/mol. The van der Waals surface area contributed by atoms with Gasteiger partial charge in [0.05, 0.1) is 6.61 Å². The number of nitrogens with two attached hydrogens (primary N) is 1. The van der Waals surface area contributed by atoms with E-state index < -0.39 is 0 Å². The number of hydrogen-bond donors (Lipinski definition) is 2. The van der Waals surface area contributed by atoms with E-state index in [-0.39, 0.29) is 24.7 Å². The van der Waals surface area contributed by atoms with Crippen LogP contribution in [-0.2, 0) is 0 Å². The summed E-state index contributed by atoms with van der Waals surface area (Å²) >= 11 is 0. The van der Waals surface area contributed by atoms with Crippen LogP contribution in [0.2, 0.25) is 0 Å². The first-order valence-electron chi connectivity index (χ1n) is 5.71. The van der Waals surface area contributed by atoms with Gasteiger partial charge in [-0.25, -0.2) is 0 Å². The summed E-state index contributed by atoms with van der Waals surface area (Å²) in [5.74, 6) is 0. The van der Waals surface area contributed by atoms with E-state index in [1.165, 1.54) is 5.56 Å². The molecule has 1 rings (SSSR count). The van der Waals surface area contributed by atoms with Gasteiger partial charge in [0, 0.05) is 18.1 Å². The van der Waals surface area contributed by atoms with Crippen molar-refractivity contribution in [2.45, 2.75) is 32.0 Å². The molecule has 0 saturated heterocycles. The maximum absolute atomic E-state index is 9.20. The molecule has 0 bridgehead atoms. The van der Waals surface area contributed by atoms with Crippen LogP contribution in [0.5, 0.6) is 0 Å². The number of likely N-dealkylation sites (N-methyl/N-ethyl adjacent to an activating group) is 1. The summed E-state index contributed by atoms with van der Waals surface area (Å²) in [5, 5.41) is 9.20. The Kier molecular flexibility index (Phi) is 4.93. The van der Waals surface area contributed by atoms with Crippen LogP contribution in [0.4, 0.5) is 0 Å². The van der Waals surface area contributed by atoms with Gasteiger partial charge >= 0.3 is 0 Å². The van der Waals surface area contributed by atoms with E-state index in [2.05, 4.69) is 17.0 Å². The summed E-state index contributed by atoms with van der Waals surface area (Å²) in [4.78, 5) is 2.12. The first-order valence-corrected chi connectivity index (χ1v) is 5.71. The summed E-state index contributed by atoms with van der Waals surface area (Å²) in [6, 6.07) is 10.5. The van der Waals surface area contributed by atoms with Crippen molar-refractivity contribution in [2.24, 2.45) is 5.73 Å². The zero-order valence-electron chi connectivity index (χ0n) is 10.3. The molecule has 0 amide bonds. The number of hydrogen-bond acceptors (Lipinski definition) is 3. The molecule has 3 nitrogen and oxygen atoms in total. The predicted octanol–water partition coefficient (Wildman–Crippen LogP) is 1.39. The van der Waals surface area contributed by atoms with Crippen LogP contribution in [0.1, 0.15) is 25.5 Å². The Morgan fingerprint density at radius 3 is 2.25 bits per heavy atom. The van der Waals surface area contributed by atoms with Crippen molar-refractivity contribution >= 4 is 0 Å². The van der Waals surface area contributed by atoms with E-state index in [0.717, 1.165) is 0 Å². The average molecular weight is 222 g/mol. The SMILES string of the molecule is CC(N)C(c1ccccc1)N(C)C(C)CO. The van der Waals surface area contributed by atoms with Crippen LogP contribution in [0, 0.1) is 0 Å². The zero-order valence-corrected chi connectivity index (χ0v) is 10.3. The minimum absolute atomic E-state index is 0.0291. The standard InChI is InChI=1S/C13H22N2O/c1-10(9-16)15(3)13(11(2)14)12-7-5-4-6-8-12/h4-8,10-11,13,16H,9,14H2,1-3H3. The second-order valence-corrected chi connectivity index (χ2v) is 4.41. The molecule has 3 heteroatoms. The quantitative estimate of drug-likeness (QED) is 0.791. The summed E-state index contributed by atoms with van der Waals surface area (Å²) < 4.78 is 0. The van der Waals surface area contributed by atoms with Gasteiger partial charge in [-0.1, -0.05) is 30.3 Å². The Morgan fingerprint density at radius 2 is 1.81 bits per heavy atom. The molecule has 16 heavy (non-hydrogen) atoms. The fourth-order valence-electron chi connectivity index (χ4n) is 1.96. The van der Waals surface area contributed by atoms with Crippen molar-refractivity contribution < 1.29 is 5.11 Å². The van der Waals surface area contributed by atoms with Crippen molar-refractivity contribution in [1.82, 2.24) is 4.90 Å². The lowest BCUT2D eigenvalue weighted by atomic mass is 9.98. The third-order valence-corrected chi connectivity index (χ3v) is 3.04. The molecule has 0 spiro atoms. The second-order valence-electron chi connectivity index (χ2n) is 4.41. The van der Waals surface area contributed by atoms with Crippen LogP contribution in [0.15, 0.2) is 30.3 Å². The molecule has 0 aliphatic rings. The number of aliphatic hydroxyl groups excluding tert-OH is 1. The van der Waals surface area contributed by atoms with E-state index in [0.29, 0.717) is 0 Å². The summed E-state index contributed by atoms with van der Waals surface area (Å²) in [6.07, 6.45) is 0. The first kappa shape index (κ1) is 13.2. The van der Waals surface area contributed by atoms with E-state index in [1.807, 2.05) is 39.1 Å². The van der Waals surface area contributed by atoms with Crippen molar-refractivity contribution in [3.05, 3.63) is 35.9 Å². The number of benzene rings is 1. The molecular formula is C13H22N2O. The van der Waals surface area contributed by atoms with E-state index in [4.69, 9.17) is 5.73 Å². The van der Waals surface area contributed by atoms with Gasteiger partial charge < -0.3 is 10.8 Å². The minimum Gasteiger partial charge on any atom is -0.395 e. The number of rotatable bonds is 5. The predicted molar refractivity (Wildman–Crippen MR) is 67.1 cm³/mol. The molecule has 90 valence electrons. The highest BCUT2D eigenvalue weighted by Crippen LogP contribution is 2.23. The summed E-state index contributed by atoms with van der Waals surface area (Å²) in [5.41, 5.74) is 7.23. The third kappa shape index (κ3) is 3.04. The highest BCUT2D eigenvalue weighted by atomic mass is 16.3. The molecule has 0 radical (unpaired) electrons. The molecule has 0 aromatic heterocycles. The summed E-state index contributed by atoms with van der Waals surface area (Å²) in [7, 11) is 2.00. The lowest BCUT2D eigenvalue weighted by molar-refractivity contribution is 0.109. The lowest BCUT2D eigenvalue weighted by Crippen LogP contribution is -2.43. The molecular weight excluding hydrogens is 200 g/mol. The maximum atomic E-state index is 9.20. The molecule has 0 aliphatic carbocycles. The highest BCUT2D eigenvalue weighted by Gasteiger charge is 2.24. The van der Waals surface area contributed by atoms with Crippen molar-refractivity contribution in [3.63, 3.8) is 0 Å². The molecule has 3 N–H and O–H groups in total. The Morgan fingerprint density at radius 1 is 1.25 bits per heavy atom. The number of aliphatic hydroxyl groups is 1. The fourth-order valence-corrected chi connectivity index (χ4v) is 1.96. The van der Waals surface area contributed by atoms with Crippen LogP contribution in [-0.4, -0.2) is 35.7 Å². The van der Waals surface area contributed by atoms with Gasteiger partial charge in [0.1, 0.15) is 0 Å². The molecule has 3 unspecified atom stereocenters. The average Bonchev–Trinajstić information content (AvgIpc) is 2.29. The molecule has 0 fully saturated rings. The Hall–Kier alpha value is -0.900. The maximum Gasteiger partial charge on any atom is 0.0584 e. The molecule has 1 aromatic carbocycles. The number of nitrogens with zero attached hydrogens (tertiary/aromatic N) is 1. The normalized spacial score (nSPS) is 17.1. The third-order valence-electron chi connectivity index (χ3n) is 3.04. The Balaban J connectivity index is 2.92. The fraction of sp³-hybridized carbons (Fsp3) is 0.538. The van der Waals surface area contributed by atoms with Crippen LogP contribution < -0.4 is 5.73 Å². The largest absolute Gasteiger partial charge is 0.395 e. The van der Waals surface area contributed by atoms with Gasteiger partial charge in [0.2, 0.25) is 0 Å². The Labute approximate surface area is 97.9 Å². The summed E-state index contributed by atoms with van der Waals surface area (Å²) in [6.45, 7) is 4.14. The van der Waals surface area contributed by atoms with E-state index in [1.54, 1.807) is 0 Å². The molecule has 0 aliphatic heterocycles. The van der Waals surface area contributed by atoms with Gasteiger partial charge in [0.25, 0.3) is 0 Å². The van der Waals surface area contributed by atoms with Gasteiger partial charge in [-0.05, 0) is 26.5 Å². The zero-order chi connectivity index (χ0) is 12.1. The Bertz CT molecular complexity index is 300. The van der Waals surface area contributed by atoms with E-state index >= 15 is 0 Å². The van der Waals surface area contributed by atoms with Gasteiger partial charge in [-0.2, -0.15) is 0 Å². The molecule has 0 heterocycles. The van der Waals surface area contributed by atoms with Crippen LogP contribution in [0.25, 0.3) is 0 Å². The van der Waals surface area contributed by atoms with Crippen molar-refractivity contribution in [2.75, 3.05) is 13.7 Å². The topological polar surface area (TPSA) is 49.5 Å². The molecule has 0 saturated carbocycles. The molecule has 1 aromatic rings. The first-order chi connectivity index (χ1) is 7.57. The van der Waals surface area contributed by atoms with Gasteiger partial charge in [-0.3, -0.25) is 4.90 Å². The smallest absolute Gasteiger partial charge is 0.0584 e.